The van der Waals surface area contributed by atoms with Gasteiger partial charge in [-0.05, 0) is 37.1 Å². The van der Waals surface area contributed by atoms with E-state index in [1.165, 1.54) is 26.3 Å². The highest BCUT2D eigenvalue weighted by Gasteiger charge is 2.40. The van der Waals surface area contributed by atoms with Crippen molar-refractivity contribution in [2.24, 2.45) is 7.05 Å². The zero-order chi connectivity index (χ0) is 17.9. The molecule has 1 aliphatic heterocycles. The number of piperidine rings is 1. The lowest BCUT2D eigenvalue weighted by Crippen LogP contribution is -2.56. The summed E-state index contributed by atoms with van der Waals surface area (Å²) in [6, 6.07) is 6.87. The lowest BCUT2D eigenvalue weighted by atomic mass is 9.74. The Morgan fingerprint density at radius 3 is 2.72 bits per heavy atom. The fourth-order valence-electron chi connectivity index (χ4n) is 4.62. The summed E-state index contributed by atoms with van der Waals surface area (Å²) < 4.78 is 30.8. The summed E-state index contributed by atoms with van der Waals surface area (Å²) in [5, 5.41) is 1.37. The van der Waals surface area contributed by atoms with Gasteiger partial charge in [0.05, 0.1) is 0 Å². The third kappa shape index (κ3) is 2.70. The highest BCUT2D eigenvalue weighted by Crippen LogP contribution is 2.43. The van der Waals surface area contributed by atoms with E-state index in [2.05, 4.69) is 52.7 Å². The van der Waals surface area contributed by atoms with Gasteiger partial charge in [0.15, 0.2) is 0 Å². The number of nitrogens with one attached hydrogen (secondary N) is 1. The van der Waals surface area contributed by atoms with Gasteiger partial charge in [-0.1, -0.05) is 12.1 Å². The van der Waals surface area contributed by atoms with Crippen LogP contribution in [0.5, 0.6) is 0 Å². The monoisotopic (exact) mass is 362 g/mol. The number of nitrogens with zero attached hydrogens (tertiary/aromatic N) is 3. The Kier molecular flexibility index (Phi) is 3.95. The van der Waals surface area contributed by atoms with Crippen LogP contribution in [0.25, 0.3) is 10.9 Å². The molecule has 4 rings (SSSR count). The zero-order valence-electron chi connectivity index (χ0n) is 15.2. The molecule has 3 atom stereocenters. The van der Waals surface area contributed by atoms with Gasteiger partial charge in [0, 0.05) is 62.8 Å². The fraction of sp³-hybridized carbons (Fsp3) is 0.556. The number of hydrogen-bond acceptors (Lipinski definition) is 3. The van der Waals surface area contributed by atoms with Crippen molar-refractivity contribution in [3.63, 3.8) is 0 Å². The number of benzene rings is 1. The van der Waals surface area contributed by atoms with Crippen LogP contribution in [-0.4, -0.2) is 62.0 Å². The molecule has 25 heavy (non-hydrogen) atoms. The summed E-state index contributed by atoms with van der Waals surface area (Å²) in [6.07, 6.45) is 4.12. The van der Waals surface area contributed by atoms with Crippen molar-refractivity contribution in [2.75, 3.05) is 27.7 Å². The average Bonchev–Trinajstić information content (AvgIpc) is 2.86. The molecule has 6 nitrogen and oxygen atoms in total. The number of likely N-dealkylation sites (tertiary alicyclic amines) is 1. The highest BCUT2D eigenvalue weighted by molar-refractivity contribution is 7.87. The summed E-state index contributed by atoms with van der Waals surface area (Å²) >= 11 is 0. The van der Waals surface area contributed by atoms with Crippen molar-refractivity contribution in [1.29, 1.82) is 0 Å². The van der Waals surface area contributed by atoms with Crippen molar-refractivity contribution in [2.45, 2.75) is 30.8 Å². The van der Waals surface area contributed by atoms with Crippen molar-refractivity contribution in [3.8, 4) is 0 Å². The zero-order valence-corrected chi connectivity index (χ0v) is 16.0. The molecule has 136 valence electrons. The molecule has 7 heteroatoms. The second-order valence-electron chi connectivity index (χ2n) is 7.66. The molecule has 1 saturated heterocycles. The second kappa shape index (κ2) is 5.81. The van der Waals surface area contributed by atoms with Gasteiger partial charge in [-0.3, -0.25) is 0 Å². The number of likely N-dealkylation sites (N-methyl/N-ethyl adjacent to an activating group) is 1. The average molecular weight is 362 g/mol. The number of aromatic nitrogens is 1. The Bertz CT molecular complexity index is 919. The molecule has 0 bridgehead atoms. The van der Waals surface area contributed by atoms with E-state index in [-0.39, 0.29) is 6.04 Å². The molecule has 1 aromatic carbocycles. The predicted octanol–water partition coefficient (Wildman–Crippen LogP) is 1.29. The Labute approximate surface area is 149 Å². The van der Waals surface area contributed by atoms with Gasteiger partial charge < -0.3 is 9.47 Å². The predicted molar refractivity (Wildman–Crippen MR) is 99.9 cm³/mol. The number of fused-ring (bicyclic) bond motifs is 2. The van der Waals surface area contributed by atoms with Gasteiger partial charge in [0.2, 0.25) is 0 Å². The Morgan fingerprint density at radius 1 is 1.24 bits per heavy atom. The Balaban J connectivity index is 1.71. The summed E-state index contributed by atoms with van der Waals surface area (Å²) in [6.45, 7) is 0.742. The molecule has 1 fully saturated rings. The van der Waals surface area contributed by atoms with Crippen LogP contribution in [0.3, 0.4) is 0 Å². The molecule has 2 heterocycles. The van der Waals surface area contributed by atoms with Crippen molar-refractivity contribution in [3.05, 3.63) is 35.5 Å². The van der Waals surface area contributed by atoms with Crippen LogP contribution in [0, 0.1) is 0 Å². The quantitative estimate of drug-likeness (QED) is 0.895. The van der Waals surface area contributed by atoms with E-state index in [9.17, 15) is 8.42 Å². The molecular weight excluding hydrogens is 336 g/mol. The lowest BCUT2D eigenvalue weighted by Gasteiger charge is -2.45. The topological polar surface area (TPSA) is 57.6 Å². The van der Waals surface area contributed by atoms with Crippen molar-refractivity contribution in [1.82, 2.24) is 18.5 Å². The minimum atomic E-state index is -3.41. The van der Waals surface area contributed by atoms with Crippen molar-refractivity contribution < 1.29 is 8.42 Å². The van der Waals surface area contributed by atoms with Gasteiger partial charge in [-0.15, -0.1) is 0 Å². The first kappa shape index (κ1) is 17.0. The molecule has 0 saturated carbocycles. The van der Waals surface area contributed by atoms with Gasteiger partial charge in [0.25, 0.3) is 10.2 Å². The molecule has 2 aliphatic rings. The first-order valence-electron chi connectivity index (χ1n) is 8.75. The maximum atomic E-state index is 12.3. The van der Waals surface area contributed by atoms with Gasteiger partial charge in [-0.2, -0.15) is 17.4 Å². The van der Waals surface area contributed by atoms with Crippen LogP contribution in [0.4, 0.5) is 0 Å². The van der Waals surface area contributed by atoms with E-state index >= 15 is 0 Å². The first-order chi connectivity index (χ1) is 11.8. The van der Waals surface area contributed by atoms with Crippen LogP contribution >= 0.6 is 0 Å². The summed E-state index contributed by atoms with van der Waals surface area (Å²) in [5.74, 6) is 0.354. The van der Waals surface area contributed by atoms with E-state index in [1.54, 1.807) is 14.1 Å². The number of hydrogen-bond donors (Lipinski definition) is 1. The molecule has 1 aliphatic carbocycles. The summed E-state index contributed by atoms with van der Waals surface area (Å²) in [7, 11) is 3.93. The standard InChI is InChI=1S/C18H26N4O2S/c1-20(2)25(23,24)19-13-9-15-14-6-5-7-16-18(14)12(10-21(16)3)8-17(15)22(4)11-13/h5-7,10,13,15,17,19H,8-9,11H2,1-4H3/t13?,15-,17-/m1/s1. The second-order valence-corrected chi connectivity index (χ2v) is 9.58. The van der Waals surface area contributed by atoms with E-state index in [4.69, 9.17) is 0 Å². The lowest BCUT2D eigenvalue weighted by molar-refractivity contribution is 0.135. The van der Waals surface area contributed by atoms with Gasteiger partial charge >= 0.3 is 0 Å². The third-order valence-corrected chi connectivity index (χ3v) is 7.42. The molecule has 0 spiro atoms. The van der Waals surface area contributed by atoms with Gasteiger partial charge in [-0.25, -0.2) is 0 Å². The van der Waals surface area contributed by atoms with E-state index in [0.29, 0.717) is 12.0 Å². The SMILES string of the molecule is CN1CC(NS(=O)(=O)N(C)C)C[C@@H]2c3cccc4c3c(cn4C)C[C@H]21. The Hall–Kier alpha value is -1.41. The molecular formula is C18H26N4O2S. The summed E-state index contributed by atoms with van der Waals surface area (Å²) in [5.41, 5.74) is 4.04. The largest absolute Gasteiger partial charge is 0.350 e. The first-order valence-corrected chi connectivity index (χ1v) is 10.2. The minimum absolute atomic E-state index is 0.0702. The van der Waals surface area contributed by atoms with Crippen LogP contribution < -0.4 is 4.72 Å². The fourth-order valence-corrected chi connectivity index (χ4v) is 5.42. The van der Waals surface area contributed by atoms with Gasteiger partial charge in [0.1, 0.15) is 0 Å². The highest BCUT2D eigenvalue weighted by atomic mass is 32.2. The Morgan fingerprint density at radius 2 is 2.00 bits per heavy atom. The summed E-state index contributed by atoms with van der Waals surface area (Å²) in [4.78, 5) is 2.33. The van der Waals surface area contributed by atoms with Crippen LogP contribution in [0.15, 0.2) is 24.4 Å². The molecule has 1 unspecified atom stereocenters. The van der Waals surface area contributed by atoms with E-state index in [0.717, 1.165) is 19.4 Å². The van der Waals surface area contributed by atoms with E-state index < -0.39 is 10.2 Å². The maximum Gasteiger partial charge on any atom is 0.279 e. The smallest absolute Gasteiger partial charge is 0.279 e. The number of aryl methyl sites for hydroxylation is 1. The van der Waals surface area contributed by atoms with Crippen LogP contribution in [0.1, 0.15) is 23.5 Å². The van der Waals surface area contributed by atoms with E-state index in [1.807, 2.05) is 0 Å². The number of rotatable bonds is 3. The molecule has 0 radical (unpaired) electrons. The molecule has 1 aromatic heterocycles. The normalized spacial score (nSPS) is 27.0. The molecule has 2 aromatic rings. The van der Waals surface area contributed by atoms with Crippen LogP contribution in [-0.2, 0) is 23.7 Å². The van der Waals surface area contributed by atoms with Crippen molar-refractivity contribution >= 4 is 21.1 Å². The molecule has 0 amide bonds. The third-order valence-electron chi connectivity index (χ3n) is 5.83. The maximum absolute atomic E-state index is 12.3. The minimum Gasteiger partial charge on any atom is -0.350 e. The van der Waals surface area contributed by atoms with Crippen LogP contribution in [0.2, 0.25) is 0 Å². The molecule has 1 N–H and O–H groups in total.